The van der Waals surface area contributed by atoms with Crippen LogP contribution in [0.2, 0.25) is 5.02 Å². The number of hydrogen-bond acceptors (Lipinski definition) is 10. The van der Waals surface area contributed by atoms with E-state index in [1.54, 1.807) is 0 Å². The number of ether oxygens (including phenoxy) is 2. The van der Waals surface area contributed by atoms with Crippen LogP contribution in [-0.2, 0) is 0 Å². The smallest absolute Gasteiger partial charge is 0.319 e. The lowest BCUT2D eigenvalue weighted by Crippen LogP contribution is -2.69. The molecule has 5 heterocycles. The van der Waals surface area contributed by atoms with E-state index in [1.807, 2.05) is 25.7 Å². The number of nitrogen functional groups attached to an aromatic ring is 1. The summed E-state index contributed by atoms with van der Waals surface area (Å²) in [6.07, 6.45) is 3.39. The van der Waals surface area contributed by atoms with Gasteiger partial charge in [0, 0.05) is 47.6 Å². The molecule has 268 valence electrons. The number of fused-ring (bicyclic) bond motifs is 1. The van der Waals surface area contributed by atoms with Gasteiger partial charge >= 0.3 is 12.0 Å². The van der Waals surface area contributed by atoms with Crippen LogP contribution in [0.5, 0.6) is 11.8 Å². The Bertz CT molecular complexity index is 2130. The van der Waals surface area contributed by atoms with Crippen LogP contribution in [0.3, 0.4) is 0 Å². The number of thiophene rings is 1. The quantitative estimate of drug-likeness (QED) is 0.227. The van der Waals surface area contributed by atoms with E-state index in [9.17, 15) is 10.1 Å². The first-order valence-electron chi connectivity index (χ1n) is 17.3. The minimum absolute atomic E-state index is 0.0174. The lowest BCUT2D eigenvalue weighted by Gasteiger charge is -2.60. The highest BCUT2D eigenvalue weighted by Crippen LogP contribution is 2.54. The number of carbonyl (C=O) groups excluding carboxylic acids is 1. The lowest BCUT2D eigenvalue weighted by molar-refractivity contribution is -0.0474. The van der Waals surface area contributed by atoms with Crippen LogP contribution >= 0.6 is 22.9 Å². The summed E-state index contributed by atoms with van der Waals surface area (Å²) < 4.78 is 45.2. The number of nitrogens with two attached hydrogens (primary N) is 1. The van der Waals surface area contributed by atoms with Crippen molar-refractivity contribution in [1.29, 1.82) is 5.26 Å². The largest absolute Gasteiger partial charge is 0.489 e. The van der Waals surface area contributed by atoms with Gasteiger partial charge in [-0.1, -0.05) is 17.7 Å². The van der Waals surface area contributed by atoms with Crippen molar-refractivity contribution in [3.8, 4) is 29.0 Å². The third-order valence-electron chi connectivity index (χ3n) is 10.9. The predicted molar refractivity (Wildman–Crippen MR) is 194 cm³/mol. The molecule has 1 spiro atoms. The third-order valence-corrected chi connectivity index (χ3v) is 12.3. The molecular formula is C36H39ClF2N8O3S. The standard InChI is InChI=1S/C36H39ClF2N8O3S/c1-17(2)42-35(48)46-15-36(16-46)12-19(13-36)47-10-11-49-30-26-29(43-34(44-33(26)47)50-18(3)23-6-5-9-45(23)4)28(39)25(27(30)37)20-7-8-22(38)31-24(20)21(14-40)32(41)51-31/h7-8,17-19,23H,5-6,9-13,15-16,41H2,1-4H3,(H,42,48)/t18-,23-/m0/s1. The minimum Gasteiger partial charge on any atom is -0.489 e. The zero-order valence-corrected chi connectivity index (χ0v) is 30.4. The molecule has 1 aliphatic carbocycles. The molecule has 3 N–H and O–H groups in total. The summed E-state index contributed by atoms with van der Waals surface area (Å²) >= 11 is 8.01. The summed E-state index contributed by atoms with van der Waals surface area (Å²) in [6.45, 7) is 8.85. The number of nitrogens with one attached hydrogen (secondary N) is 1. The highest BCUT2D eigenvalue weighted by Gasteiger charge is 2.55. The number of halogens is 3. The van der Waals surface area contributed by atoms with E-state index in [0.717, 1.165) is 43.6 Å². The van der Waals surface area contributed by atoms with E-state index in [4.69, 9.17) is 31.8 Å². The summed E-state index contributed by atoms with van der Waals surface area (Å²) in [4.78, 5) is 28.4. The molecule has 2 amide bonds. The highest BCUT2D eigenvalue weighted by molar-refractivity contribution is 7.23. The van der Waals surface area contributed by atoms with E-state index in [2.05, 4.69) is 33.2 Å². The number of rotatable bonds is 6. The van der Waals surface area contributed by atoms with Crippen LogP contribution in [0.25, 0.3) is 32.1 Å². The zero-order chi connectivity index (χ0) is 35.9. The molecule has 2 aromatic heterocycles. The molecule has 15 heteroatoms. The van der Waals surface area contributed by atoms with Gasteiger partial charge in [0.25, 0.3) is 0 Å². The Morgan fingerprint density at radius 3 is 2.67 bits per heavy atom. The molecule has 51 heavy (non-hydrogen) atoms. The van der Waals surface area contributed by atoms with Crippen molar-refractivity contribution in [3.63, 3.8) is 0 Å². The number of amides is 2. The van der Waals surface area contributed by atoms with E-state index in [-0.39, 0.29) is 96.4 Å². The van der Waals surface area contributed by atoms with E-state index in [1.165, 1.54) is 12.1 Å². The second kappa shape index (κ2) is 12.5. The summed E-state index contributed by atoms with van der Waals surface area (Å²) in [5.41, 5.74) is 6.29. The SMILES string of the molecule is CC(C)NC(=O)N1CC2(CC(N3CCOc4c(Cl)c(-c5ccc(F)c6sc(N)c(C#N)c56)c(F)c5nc(O[C@@H](C)[C@@H]6CCCN6C)nc3c45)C2)C1. The maximum atomic E-state index is 17.3. The molecule has 8 rings (SSSR count). The van der Waals surface area contributed by atoms with Gasteiger partial charge in [-0.05, 0) is 71.7 Å². The van der Waals surface area contributed by atoms with Crippen LogP contribution < -0.4 is 25.4 Å². The van der Waals surface area contributed by atoms with Crippen molar-refractivity contribution in [1.82, 2.24) is 25.1 Å². The normalized spacial score (nSPS) is 20.6. The van der Waals surface area contributed by atoms with Crippen LogP contribution in [0, 0.1) is 28.4 Å². The number of benzene rings is 2. The van der Waals surface area contributed by atoms with Crippen molar-refractivity contribution in [3.05, 3.63) is 34.4 Å². The fraction of sp³-hybridized carbons (Fsp3) is 0.500. The molecule has 11 nitrogen and oxygen atoms in total. The van der Waals surface area contributed by atoms with E-state index < -0.39 is 11.6 Å². The summed E-state index contributed by atoms with van der Waals surface area (Å²) in [5.74, 6) is -0.657. The van der Waals surface area contributed by atoms with Crippen molar-refractivity contribution >= 4 is 60.8 Å². The maximum Gasteiger partial charge on any atom is 0.319 e. The Kier molecular flexibility index (Phi) is 8.31. The van der Waals surface area contributed by atoms with Crippen molar-refractivity contribution < 1.29 is 23.0 Å². The van der Waals surface area contributed by atoms with Gasteiger partial charge in [0.15, 0.2) is 11.6 Å². The first-order chi connectivity index (χ1) is 24.4. The van der Waals surface area contributed by atoms with Crippen molar-refractivity contribution in [2.75, 3.05) is 50.5 Å². The number of aromatic nitrogens is 2. The Balaban J connectivity index is 1.24. The number of nitrogens with zero attached hydrogens (tertiary/aromatic N) is 6. The van der Waals surface area contributed by atoms with Crippen LogP contribution in [0.15, 0.2) is 12.1 Å². The van der Waals surface area contributed by atoms with E-state index >= 15 is 8.78 Å². The second-order valence-electron chi connectivity index (χ2n) is 14.7. The van der Waals surface area contributed by atoms with Gasteiger partial charge in [-0.25, -0.2) is 13.6 Å². The molecule has 0 unspecified atom stereocenters. The lowest BCUT2D eigenvalue weighted by atomic mass is 9.60. The minimum atomic E-state index is -0.763. The summed E-state index contributed by atoms with van der Waals surface area (Å²) in [6, 6.07) is 4.93. The summed E-state index contributed by atoms with van der Waals surface area (Å²) in [5, 5.41) is 13.5. The van der Waals surface area contributed by atoms with Crippen molar-refractivity contribution in [2.24, 2.45) is 5.41 Å². The summed E-state index contributed by atoms with van der Waals surface area (Å²) in [7, 11) is 2.06. The Morgan fingerprint density at radius 2 is 1.98 bits per heavy atom. The average Bonchev–Trinajstić information content (AvgIpc) is 3.57. The molecule has 3 aliphatic heterocycles. The first-order valence-corrected chi connectivity index (χ1v) is 18.5. The van der Waals surface area contributed by atoms with Crippen LogP contribution in [0.4, 0.5) is 24.4 Å². The fourth-order valence-electron chi connectivity index (χ4n) is 8.52. The molecule has 3 fully saturated rings. The number of likely N-dealkylation sites (tertiary alicyclic amines) is 2. The van der Waals surface area contributed by atoms with Gasteiger partial charge in [-0.15, -0.1) is 11.3 Å². The molecule has 0 radical (unpaired) electrons. The molecule has 4 aliphatic rings. The Labute approximate surface area is 303 Å². The second-order valence-corrected chi connectivity index (χ2v) is 16.1. The molecule has 2 saturated heterocycles. The predicted octanol–water partition coefficient (Wildman–Crippen LogP) is 6.54. The van der Waals surface area contributed by atoms with Crippen molar-refractivity contribution in [2.45, 2.75) is 70.7 Å². The Hall–Kier alpha value is -4.19. The topological polar surface area (TPSA) is 133 Å². The van der Waals surface area contributed by atoms with Gasteiger partial charge in [0.2, 0.25) is 0 Å². The Morgan fingerprint density at radius 1 is 1.22 bits per heavy atom. The number of carbonyl (C=O) groups is 1. The number of likely N-dealkylation sites (N-methyl/N-ethyl adjacent to an activating group) is 1. The first kappa shape index (κ1) is 33.9. The molecular weight excluding hydrogens is 698 g/mol. The number of nitriles is 1. The third kappa shape index (κ3) is 5.47. The van der Waals surface area contributed by atoms with Crippen LogP contribution in [-0.4, -0.2) is 89.9 Å². The fourth-order valence-corrected chi connectivity index (χ4v) is 9.80. The van der Waals surface area contributed by atoms with Gasteiger partial charge in [0.1, 0.15) is 40.9 Å². The van der Waals surface area contributed by atoms with Crippen LogP contribution in [0.1, 0.15) is 52.0 Å². The zero-order valence-electron chi connectivity index (χ0n) is 28.9. The number of hydrogen-bond donors (Lipinski definition) is 2. The number of anilines is 2. The molecule has 2 atom stereocenters. The van der Waals surface area contributed by atoms with E-state index in [0.29, 0.717) is 30.8 Å². The molecule has 2 aromatic carbocycles. The monoisotopic (exact) mass is 736 g/mol. The van der Waals surface area contributed by atoms with Gasteiger partial charge in [-0.2, -0.15) is 15.2 Å². The number of urea groups is 1. The average molecular weight is 737 g/mol. The van der Waals surface area contributed by atoms with Gasteiger partial charge < -0.3 is 30.3 Å². The molecule has 0 bridgehead atoms. The van der Waals surface area contributed by atoms with Gasteiger partial charge in [0.05, 0.1) is 27.2 Å². The van der Waals surface area contributed by atoms with Gasteiger partial charge in [-0.3, -0.25) is 4.90 Å². The molecule has 4 aromatic rings. The highest BCUT2D eigenvalue weighted by atomic mass is 35.5. The maximum absolute atomic E-state index is 17.3. The molecule has 1 saturated carbocycles.